The van der Waals surface area contributed by atoms with Crippen LogP contribution in [0.1, 0.15) is 19.3 Å². The van der Waals surface area contributed by atoms with Crippen molar-refractivity contribution in [2.75, 3.05) is 26.7 Å². The number of likely N-dealkylation sites (N-methyl/N-ethyl adjacent to an activating group) is 1. The molecule has 1 saturated carbocycles. The summed E-state index contributed by atoms with van der Waals surface area (Å²) in [7, 11) is 1.77. The van der Waals surface area contributed by atoms with Crippen molar-refractivity contribution in [2.45, 2.75) is 25.3 Å². The first kappa shape index (κ1) is 10.3. The van der Waals surface area contributed by atoms with E-state index in [-0.39, 0.29) is 18.5 Å². The predicted molar refractivity (Wildman–Crippen MR) is 55.4 cm³/mol. The van der Waals surface area contributed by atoms with Gasteiger partial charge in [-0.25, -0.2) is 4.79 Å². The van der Waals surface area contributed by atoms with E-state index in [0.29, 0.717) is 19.1 Å². The molecule has 3 amide bonds. The van der Waals surface area contributed by atoms with Crippen LogP contribution in [0.5, 0.6) is 0 Å². The average molecular weight is 211 g/mol. The third kappa shape index (κ3) is 2.22. The summed E-state index contributed by atoms with van der Waals surface area (Å²) in [5.74, 6) is 0.0185. The summed E-state index contributed by atoms with van der Waals surface area (Å²) in [5, 5.41) is 2.94. The summed E-state index contributed by atoms with van der Waals surface area (Å²) in [6, 6.07) is 0.258. The number of nitrogens with one attached hydrogen (secondary N) is 1. The van der Waals surface area contributed by atoms with Crippen molar-refractivity contribution < 1.29 is 9.59 Å². The Morgan fingerprint density at radius 3 is 2.67 bits per heavy atom. The summed E-state index contributed by atoms with van der Waals surface area (Å²) >= 11 is 0. The van der Waals surface area contributed by atoms with Gasteiger partial charge in [-0.1, -0.05) is 0 Å². The predicted octanol–water partition coefficient (Wildman–Crippen LogP) is 0.0225. The lowest BCUT2D eigenvalue weighted by Gasteiger charge is -2.34. The normalized spacial score (nSPS) is 22.6. The van der Waals surface area contributed by atoms with Crippen molar-refractivity contribution in [3.05, 3.63) is 0 Å². The molecule has 1 aliphatic heterocycles. The number of piperazine rings is 1. The maximum Gasteiger partial charge on any atom is 0.318 e. The Morgan fingerprint density at radius 1 is 1.40 bits per heavy atom. The van der Waals surface area contributed by atoms with Crippen LogP contribution in [0, 0.1) is 0 Å². The molecule has 2 aliphatic rings. The minimum absolute atomic E-state index is 0.0185. The molecule has 1 heterocycles. The van der Waals surface area contributed by atoms with Crippen LogP contribution < -0.4 is 5.32 Å². The second kappa shape index (κ2) is 4.08. The molecule has 15 heavy (non-hydrogen) atoms. The van der Waals surface area contributed by atoms with Gasteiger partial charge in [-0.3, -0.25) is 4.79 Å². The molecule has 84 valence electrons. The number of hydrogen-bond acceptors (Lipinski definition) is 2. The van der Waals surface area contributed by atoms with E-state index in [1.54, 1.807) is 16.8 Å². The summed E-state index contributed by atoms with van der Waals surface area (Å²) in [6.45, 7) is 1.49. The fraction of sp³-hybridized carbons (Fsp3) is 0.800. The van der Waals surface area contributed by atoms with Gasteiger partial charge in [0.05, 0.1) is 0 Å². The number of nitrogens with zero attached hydrogens (tertiary/aromatic N) is 2. The van der Waals surface area contributed by atoms with Gasteiger partial charge in [-0.05, 0) is 19.3 Å². The van der Waals surface area contributed by atoms with Crippen molar-refractivity contribution in [3.63, 3.8) is 0 Å². The maximum atomic E-state index is 11.7. The van der Waals surface area contributed by atoms with E-state index in [4.69, 9.17) is 0 Å². The lowest BCUT2D eigenvalue weighted by Crippen LogP contribution is -2.55. The fourth-order valence-electron chi connectivity index (χ4n) is 1.75. The van der Waals surface area contributed by atoms with Gasteiger partial charge in [-0.15, -0.1) is 0 Å². The molecule has 2 rings (SSSR count). The largest absolute Gasteiger partial charge is 0.342 e. The molecule has 0 unspecified atom stereocenters. The van der Waals surface area contributed by atoms with Crippen molar-refractivity contribution in [2.24, 2.45) is 0 Å². The van der Waals surface area contributed by atoms with Gasteiger partial charge in [0.25, 0.3) is 0 Å². The Morgan fingerprint density at radius 2 is 2.13 bits per heavy atom. The zero-order valence-electron chi connectivity index (χ0n) is 9.03. The molecule has 0 spiro atoms. The van der Waals surface area contributed by atoms with Crippen LogP contribution in [0.15, 0.2) is 0 Å². The molecular weight excluding hydrogens is 194 g/mol. The monoisotopic (exact) mass is 211 g/mol. The molecule has 0 aromatic heterocycles. The summed E-state index contributed by atoms with van der Waals surface area (Å²) < 4.78 is 0. The average Bonchev–Trinajstić information content (AvgIpc) is 2.15. The highest BCUT2D eigenvalue weighted by Crippen LogP contribution is 2.18. The first-order chi connectivity index (χ1) is 7.16. The van der Waals surface area contributed by atoms with Crippen molar-refractivity contribution in [1.82, 2.24) is 15.1 Å². The van der Waals surface area contributed by atoms with E-state index >= 15 is 0 Å². The SMILES string of the molecule is CN1CCN(C(=O)NC2CCC2)CC1=O. The minimum atomic E-state index is -0.0823. The second-order valence-electron chi connectivity index (χ2n) is 4.31. The van der Waals surface area contributed by atoms with Gasteiger partial charge in [-0.2, -0.15) is 0 Å². The molecule has 0 aromatic rings. The molecule has 0 atom stereocenters. The Kier molecular flexibility index (Phi) is 2.79. The highest BCUT2D eigenvalue weighted by Gasteiger charge is 2.27. The van der Waals surface area contributed by atoms with Crippen molar-refractivity contribution >= 4 is 11.9 Å². The van der Waals surface area contributed by atoms with Gasteiger partial charge >= 0.3 is 6.03 Å². The Balaban J connectivity index is 1.82. The van der Waals surface area contributed by atoms with Gasteiger partial charge in [0.15, 0.2) is 0 Å². The number of carbonyl (C=O) groups is 2. The van der Waals surface area contributed by atoms with Gasteiger partial charge < -0.3 is 15.1 Å². The standard InChI is InChI=1S/C10H17N3O2/c1-12-5-6-13(7-9(12)14)10(15)11-8-3-2-4-8/h8H,2-7H2,1H3,(H,11,15). The summed E-state index contributed by atoms with van der Waals surface area (Å²) in [4.78, 5) is 26.3. The number of carbonyl (C=O) groups excluding carboxylic acids is 2. The fourth-order valence-corrected chi connectivity index (χ4v) is 1.75. The van der Waals surface area contributed by atoms with Crippen LogP contribution >= 0.6 is 0 Å². The van der Waals surface area contributed by atoms with E-state index < -0.39 is 0 Å². The van der Waals surface area contributed by atoms with E-state index in [1.165, 1.54) is 6.42 Å². The van der Waals surface area contributed by atoms with Gasteiger partial charge in [0, 0.05) is 26.2 Å². The van der Waals surface area contributed by atoms with Gasteiger partial charge in [0.2, 0.25) is 5.91 Å². The Hall–Kier alpha value is -1.26. The van der Waals surface area contributed by atoms with E-state index in [2.05, 4.69) is 5.32 Å². The van der Waals surface area contributed by atoms with E-state index in [0.717, 1.165) is 12.8 Å². The number of rotatable bonds is 1. The highest BCUT2D eigenvalue weighted by molar-refractivity contribution is 5.85. The number of amides is 3. The Labute approximate surface area is 89.4 Å². The molecule has 5 nitrogen and oxygen atoms in total. The van der Waals surface area contributed by atoms with Crippen LogP contribution in [0.4, 0.5) is 4.79 Å². The van der Waals surface area contributed by atoms with Crippen LogP contribution in [-0.4, -0.2) is 54.5 Å². The third-order valence-corrected chi connectivity index (χ3v) is 3.18. The quantitative estimate of drug-likeness (QED) is 0.665. The molecule has 1 N–H and O–H groups in total. The molecule has 0 radical (unpaired) electrons. The van der Waals surface area contributed by atoms with E-state index in [9.17, 15) is 9.59 Å². The molecule has 1 saturated heterocycles. The topological polar surface area (TPSA) is 52.6 Å². The lowest BCUT2D eigenvalue weighted by molar-refractivity contribution is -0.133. The zero-order chi connectivity index (χ0) is 10.8. The maximum absolute atomic E-state index is 11.7. The molecule has 2 fully saturated rings. The molecule has 0 bridgehead atoms. The highest BCUT2D eigenvalue weighted by atomic mass is 16.2. The minimum Gasteiger partial charge on any atom is -0.342 e. The van der Waals surface area contributed by atoms with Crippen molar-refractivity contribution in [3.8, 4) is 0 Å². The smallest absolute Gasteiger partial charge is 0.318 e. The van der Waals surface area contributed by atoms with Crippen LogP contribution in [0.25, 0.3) is 0 Å². The number of hydrogen-bond donors (Lipinski definition) is 1. The molecule has 1 aliphatic carbocycles. The van der Waals surface area contributed by atoms with Crippen molar-refractivity contribution in [1.29, 1.82) is 0 Å². The van der Waals surface area contributed by atoms with Crippen LogP contribution in [-0.2, 0) is 4.79 Å². The molecular formula is C10H17N3O2. The number of urea groups is 1. The molecule has 5 heteroatoms. The third-order valence-electron chi connectivity index (χ3n) is 3.18. The summed E-state index contributed by atoms with van der Waals surface area (Å²) in [5.41, 5.74) is 0. The van der Waals surface area contributed by atoms with E-state index in [1.807, 2.05) is 0 Å². The lowest BCUT2D eigenvalue weighted by atomic mass is 9.93. The summed E-state index contributed by atoms with van der Waals surface area (Å²) in [6.07, 6.45) is 3.35. The molecule has 0 aromatic carbocycles. The van der Waals surface area contributed by atoms with Crippen LogP contribution in [0.2, 0.25) is 0 Å². The zero-order valence-corrected chi connectivity index (χ0v) is 9.03. The first-order valence-electron chi connectivity index (χ1n) is 5.46. The van der Waals surface area contributed by atoms with Gasteiger partial charge in [0.1, 0.15) is 6.54 Å². The second-order valence-corrected chi connectivity index (χ2v) is 4.31. The first-order valence-corrected chi connectivity index (χ1v) is 5.46. The Bertz CT molecular complexity index is 276. The van der Waals surface area contributed by atoms with Crippen LogP contribution in [0.3, 0.4) is 0 Å².